The summed E-state index contributed by atoms with van der Waals surface area (Å²) in [5.41, 5.74) is 4.21. The highest BCUT2D eigenvalue weighted by atomic mass is 16.3. The van der Waals surface area contributed by atoms with Gasteiger partial charge in [-0.1, -0.05) is 31.9 Å². The number of aliphatic hydroxyl groups is 2. The zero-order valence-corrected chi connectivity index (χ0v) is 15.4. The van der Waals surface area contributed by atoms with Gasteiger partial charge in [-0.05, 0) is 64.5 Å². The maximum atomic E-state index is 9.89. The van der Waals surface area contributed by atoms with Gasteiger partial charge in [-0.25, -0.2) is 0 Å². The van der Waals surface area contributed by atoms with Crippen LogP contribution >= 0.6 is 0 Å². The van der Waals surface area contributed by atoms with Gasteiger partial charge >= 0.3 is 0 Å². The molecule has 0 aliphatic heterocycles. The van der Waals surface area contributed by atoms with Crippen LogP contribution in [0.15, 0.2) is 22.3 Å². The van der Waals surface area contributed by atoms with Crippen LogP contribution in [0.25, 0.3) is 0 Å². The number of carbonyl (C=O) groups is 1. The van der Waals surface area contributed by atoms with E-state index in [-0.39, 0.29) is 6.61 Å². The summed E-state index contributed by atoms with van der Waals surface area (Å²) in [5, 5.41) is 17.0. The summed E-state index contributed by atoms with van der Waals surface area (Å²) in [4.78, 5) is 9.89. The standard InChI is InChI=1S/C6H14O.C6H12O.C6H10O/c3*1-5(2)6(3)4-7/h5-7H,4H2,1-3H3;7H,4H2,1-3H3;4H,1-3H3. The SMILES string of the molecule is CC(C)=C(C)C=O.CC(C)=C(C)CO.CC(C)C(C)CO. The van der Waals surface area contributed by atoms with E-state index in [0.717, 1.165) is 23.0 Å². The summed E-state index contributed by atoms with van der Waals surface area (Å²) in [6.45, 7) is 18.3. The molecule has 0 fully saturated rings. The zero-order chi connectivity index (χ0) is 17.6. The molecule has 0 heterocycles. The molecule has 3 heteroatoms. The van der Waals surface area contributed by atoms with Crippen molar-refractivity contribution < 1.29 is 15.0 Å². The summed E-state index contributed by atoms with van der Waals surface area (Å²) < 4.78 is 0. The van der Waals surface area contributed by atoms with E-state index in [2.05, 4.69) is 13.8 Å². The molecule has 0 aliphatic carbocycles. The average molecular weight is 300 g/mol. The van der Waals surface area contributed by atoms with Crippen molar-refractivity contribution in [3.63, 3.8) is 0 Å². The lowest BCUT2D eigenvalue weighted by Gasteiger charge is -2.09. The lowest BCUT2D eigenvalue weighted by Crippen LogP contribution is -2.07. The minimum Gasteiger partial charge on any atom is -0.396 e. The molecule has 0 aromatic heterocycles. The van der Waals surface area contributed by atoms with Crippen LogP contribution in [0, 0.1) is 11.8 Å². The van der Waals surface area contributed by atoms with Crippen LogP contribution in [0.3, 0.4) is 0 Å². The van der Waals surface area contributed by atoms with Crippen molar-refractivity contribution in [2.75, 3.05) is 13.2 Å². The van der Waals surface area contributed by atoms with Crippen LogP contribution in [0.1, 0.15) is 62.3 Å². The first-order valence-electron chi connectivity index (χ1n) is 7.48. The molecule has 0 radical (unpaired) electrons. The van der Waals surface area contributed by atoms with E-state index in [1.807, 2.05) is 48.5 Å². The maximum Gasteiger partial charge on any atom is 0.145 e. The Morgan fingerprint density at radius 2 is 1.33 bits per heavy atom. The van der Waals surface area contributed by atoms with Crippen LogP contribution in [0.2, 0.25) is 0 Å². The first-order valence-corrected chi connectivity index (χ1v) is 7.48. The second-order valence-electron chi connectivity index (χ2n) is 6.14. The molecule has 126 valence electrons. The topological polar surface area (TPSA) is 57.5 Å². The smallest absolute Gasteiger partial charge is 0.145 e. The Bertz CT molecular complexity index is 317. The third-order valence-corrected chi connectivity index (χ3v) is 3.48. The molecule has 0 aromatic carbocycles. The van der Waals surface area contributed by atoms with Crippen LogP contribution in [0.4, 0.5) is 0 Å². The van der Waals surface area contributed by atoms with E-state index in [1.165, 1.54) is 5.57 Å². The number of aliphatic hydroxyl groups excluding tert-OH is 2. The predicted octanol–water partition coefficient (Wildman–Crippen LogP) is 4.15. The van der Waals surface area contributed by atoms with Gasteiger partial charge < -0.3 is 10.2 Å². The molecule has 0 bridgehead atoms. The fourth-order valence-electron chi connectivity index (χ4n) is 0.487. The molecule has 2 N–H and O–H groups in total. The maximum absolute atomic E-state index is 9.89. The van der Waals surface area contributed by atoms with Crippen molar-refractivity contribution in [2.45, 2.75) is 62.3 Å². The van der Waals surface area contributed by atoms with Crippen molar-refractivity contribution in [1.29, 1.82) is 0 Å². The Morgan fingerprint density at radius 1 is 0.905 bits per heavy atom. The van der Waals surface area contributed by atoms with E-state index in [4.69, 9.17) is 10.2 Å². The number of rotatable bonds is 4. The van der Waals surface area contributed by atoms with Crippen molar-refractivity contribution in [3.8, 4) is 0 Å². The predicted molar refractivity (Wildman–Crippen MR) is 92.3 cm³/mol. The highest BCUT2D eigenvalue weighted by molar-refractivity contribution is 5.73. The second kappa shape index (κ2) is 15.5. The normalized spacial score (nSPS) is 10.5. The zero-order valence-electron chi connectivity index (χ0n) is 15.4. The molecule has 21 heavy (non-hydrogen) atoms. The number of carbonyl (C=O) groups excluding carboxylic acids is 1. The summed E-state index contributed by atoms with van der Waals surface area (Å²) in [7, 11) is 0. The Balaban J connectivity index is -0.000000231. The van der Waals surface area contributed by atoms with Gasteiger partial charge in [0.05, 0.1) is 6.61 Å². The van der Waals surface area contributed by atoms with Gasteiger partial charge in [0, 0.05) is 6.61 Å². The van der Waals surface area contributed by atoms with Gasteiger partial charge in [-0.15, -0.1) is 0 Å². The van der Waals surface area contributed by atoms with Crippen molar-refractivity contribution in [3.05, 3.63) is 22.3 Å². The van der Waals surface area contributed by atoms with Gasteiger partial charge in [-0.2, -0.15) is 0 Å². The highest BCUT2D eigenvalue weighted by Crippen LogP contribution is 2.06. The number of hydrogen-bond donors (Lipinski definition) is 2. The van der Waals surface area contributed by atoms with Gasteiger partial charge in [0.25, 0.3) is 0 Å². The largest absolute Gasteiger partial charge is 0.396 e. The first kappa shape index (κ1) is 25.0. The molecular weight excluding hydrogens is 264 g/mol. The van der Waals surface area contributed by atoms with Gasteiger partial charge in [0.1, 0.15) is 6.29 Å². The minimum atomic E-state index is 0.197. The van der Waals surface area contributed by atoms with Gasteiger partial charge in [-0.3, -0.25) is 4.79 Å². The number of aldehydes is 1. The van der Waals surface area contributed by atoms with E-state index in [0.29, 0.717) is 18.4 Å². The van der Waals surface area contributed by atoms with Crippen molar-refractivity contribution in [1.82, 2.24) is 0 Å². The summed E-state index contributed by atoms with van der Waals surface area (Å²) >= 11 is 0. The fraction of sp³-hybridized carbons (Fsp3) is 0.722. The Morgan fingerprint density at radius 3 is 1.33 bits per heavy atom. The van der Waals surface area contributed by atoms with E-state index in [1.54, 1.807) is 0 Å². The molecule has 3 nitrogen and oxygen atoms in total. The first-order chi connectivity index (χ1) is 9.54. The molecule has 1 unspecified atom stereocenters. The molecule has 0 aromatic rings. The molecular formula is C18H36O3. The minimum absolute atomic E-state index is 0.197. The van der Waals surface area contributed by atoms with E-state index < -0.39 is 0 Å². The third kappa shape index (κ3) is 19.1. The quantitative estimate of drug-likeness (QED) is 0.466. The lowest BCUT2D eigenvalue weighted by atomic mass is 10.00. The average Bonchev–Trinajstić information content (AvgIpc) is 2.45. The van der Waals surface area contributed by atoms with Crippen LogP contribution in [-0.4, -0.2) is 29.7 Å². The van der Waals surface area contributed by atoms with Crippen LogP contribution < -0.4 is 0 Å². The second-order valence-corrected chi connectivity index (χ2v) is 6.14. The van der Waals surface area contributed by atoms with Gasteiger partial charge in [0.15, 0.2) is 0 Å². The molecule has 0 aliphatic rings. The van der Waals surface area contributed by atoms with E-state index >= 15 is 0 Å². The molecule has 1 atom stereocenters. The van der Waals surface area contributed by atoms with Crippen molar-refractivity contribution in [2.24, 2.45) is 11.8 Å². The Kier molecular flexibility index (Phi) is 18.4. The highest BCUT2D eigenvalue weighted by Gasteiger charge is 2.02. The van der Waals surface area contributed by atoms with Crippen LogP contribution in [-0.2, 0) is 4.79 Å². The summed E-state index contributed by atoms with van der Waals surface area (Å²) in [5.74, 6) is 1.07. The Labute approximate surface area is 131 Å². The third-order valence-electron chi connectivity index (χ3n) is 3.48. The Hall–Kier alpha value is -0.930. The molecule has 0 spiro atoms. The molecule has 0 amide bonds. The molecule has 0 saturated carbocycles. The van der Waals surface area contributed by atoms with Gasteiger partial charge in [0.2, 0.25) is 0 Å². The molecule has 0 rings (SSSR count). The molecule has 0 saturated heterocycles. The fourth-order valence-corrected chi connectivity index (χ4v) is 0.487. The summed E-state index contributed by atoms with van der Waals surface area (Å²) in [6, 6.07) is 0. The number of hydrogen-bond acceptors (Lipinski definition) is 3. The summed E-state index contributed by atoms with van der Waals surface area (Å²) in [6.07, 6.45) is 0.870. The van der Waals surface area contributed by atoms with Crippen molar-refractivity contribution >= 4 is 6.29 Å². The number of allylic oxidation sites excluding steroid dienone is 3. The lowest BCUT2D eigenvalue weighted by molar-refractivity contribution is -0.104. The monoisotopic (exact) mass is 300 g/mol. The van der Waals surface area contributed by atoms with Crippen LogP contribution in [0.5, 0.6) is 0 Å². The van der Waals surface area contributed by atoms with E-state index in [9.17, 15) is 4.79 Å².